The Labute approximate surface area is 130 Å². The molecule has 22 heavy (non-hydrogen) atoms. The summed E-state index contributed by atoms with van der Waals surface area (Å²) in [4.78, 5) is 24.1. The Hall–Kier alpha value is -2.28. The quantitative estimate of drug-likeness (QED) is 0.750. The van der Waals surface area contributed by atoms with E-state index in [9.17, 15) is 9.59 Å². The van der Waals surface area contributed by atoms with Crippen LogP contribution in [-0.2, 0) is 11.3 Å². The molecule has 122 valence electrons. The molecule has 0 fully saturated rings. The number of amides is 3. The fourth-order valence-electron chi connectivity index (χ4n) is 2.05. The minimum absolute atomic E-state index is 0.212. The van der Waals surface area contributed by atoms with Crippen LogP contribution in [0.4, 0.5) is 4.79 Å². The fraction of sp³-hybridized carbons (Fsp3) is 0.467. The maximum absolute atomic E-state index is 11.4. The zero-order chi connectivity index (χ0) is 16.5. The van der Waals surface area contributed by atoms with Crippen LogP contribution in [0, 0.1) is 0 Å². The van der Waals surface area contributed by atoms with E-state index >= 15 is 0 Å². The molecule has 0 atom stereocenters. The number of rotatable bonds is 8. The highest BCUT2D eigenvalue weighted by Crippen LogP contribution is 2.27. The first kappa shape index (κ1) is 17.8. The van der Waals surface area contributed by atoms with Crippen molar-refractivity contribution in [2.24, 2.45) is 5.73 Å². The Morgan fingerprint density at radius 2 is 1.91 bits per heavy atom. The molecule has 0 bridgehead atoms. The van der Waals surface area contributed by atoms with Gasteiger partial charge >= 0.3 is 6.03 Å². The molecule has 0 saturated heterocycles. The second kappa shape index (κ2) is 8.89. The van der Waals surface area contributed by atoms with Gasteiger partial charge in [0, 0.05) is 19.5 Å². The zero-order valence-corrected chi connectivity index (χ0v) is 13.2. The Balaban J connectivity index is 2.62. The van der Waals surface area contributed by atoms with E-state index in [1.807, 2.05) is 25.1 Å². The standard InChI is InChI=1S/C15H23N3O4/c1-4-18(8-7-14(19)17-15(16)20)10-11-5-6-12(21-2)13(9-11)22-3/h5-6,9H,4,7-8,10H2,1-3H3,(H3,16,17,19,20). The Kier molecular flexibility index (Phi) is 7.18. The lowest BCUT2D eigenvalue weighted by molar-refractivity contribution is -0.120. The van der Waals surface area contributed by atoms with Crippen LogP contribution in [0.3, 0.4) is 0 Å². The predicted octanol–water partition coefficient (Wildman–Crippen LogP) is 1.11. The number of carbonyl (C=O) groups excluding carboxylic acids is 2. The van der Waals surface area contributed by atoms with Gasteiger partial charge in [-0.2, -0.15) is 0 Å². The van der Waals surface area contributed by atoms with E-state index in [-0.39, 0.29) is 12.3 Å². The third-order valence-electron chi connectivity index (χ3n) is 3.22. The van der Waals surface area contributed by atoms with Crippen LogP contribution in [-0.4, -0.2) is 44.1 Å². The summed E-state index contributed by atoms with van der Waals surface area (Å²) in [6.45, 7) is 3.98. The minimum Gasteiger partial charge on any atom is -0.493 e. The summed E-state index contributed by atoms with van der Waals surface area (Å²) >= 11 is 0. The molecule has 3 N–H and O–H groups in total. The van der Waals surface area contributed by atoms with Crippen LogP contribution >= 0.6 is 0 Å². The summed E-state index contributed by atoms with van der Waals surface area (Å²) in [7, 11) is 3.18. The lowest BCUT2D eigenvalue weighted by Crippen LogP contribution is -2.37. The van der Waals surface area contributed by atoms with Gasteiger partial charge in [-0.25, -0.2) is 4.79 Å². The fourth-order valence-corrected chi connectivity index (χ4v) is 2.05. The first-order chi connectivity index (χ1) is 10.5. The van der Waals surface area contributed by atoms with Gasteiger partial charge in [0.15, 0.2) is 11.5 Å². The van der Waals surface area contributed by atoms with Crippen molar-refractivity contribution in [2.45, 2.75) is 19.9 Å². The van der Waals surface area contributed by atoms with Crippen LogP contribution in [0.1, 0.15) is 18.9 Å². The van der Waals surface area contributed by atoms with Crippen LogP contribution in [0.5, 0.6) is 11.5 Å². The van der Waals surface area contributed by atoms with Crippen LogP contribution in [0.15, 0.2) is 18.2 Å². The number of methoxy groups -OCH3 is 2. The highest BCUT2D eigenvalue weighted by molar-refractivity contribution is 5.93. The first-order valence-corrected chi connectivity index (χ1v) is 7.02. The predicted molar refractivity (Wildman–Crippen MR) is 82.8 cm³/mol. The Morgan fingerprint density at radius 1 is 1.23 bits per heavy atom. The maximum Gasteiger partial charge on any atom is 0.318 e. The van der Waals surface area contributed by atoms with E-state index in [2.05, 4.69) is 10.2 Å². The number of nitrogens with one attached hydrogen (secondary N) is 1. The molecule has 7 nitrogen and oxygen atoms in total. The van der Waals surface area contributed by atoms with Gasteiger partial charge in [-0.1, -0.05) is 13.0 Å². The van der Waals surface area contributed by atoms with Crippen molar-refractivity contribution in [3.8, 4) is 11.5 Å². The molecule has 1 rings (SSSR count). The number of carbonyl (C=O) groups is 2. The highest BCUT2D eigenvalue weighted by atomic mass is 16.5. The van der Waals surface area contributed by atoms with Gasteiger partial charge in [-0.15, -0.1) is 0 Å². The van der Waals surface area contributed by atoms with Gasteiger partial charge in [0.05, 0.1) is 14.2 Å². The van der Waals surface area contributed by atoms with Crippen molar-refractivity contribution in [2.75, 3.05) is 27.3 Å². The molecule has 0 unspecified atom stereocenters. The molecule has 0 aliphatic carbocycles. The van der Waals surface area contributed by atoms with E-state index in [4.69, 9.17) is 15.2 Å². The number of ether oxygens (including phenoxy) is 2. The van der Waals surface area contributed by atoms with E-state index in [0.717, 1.165) is 12.1 Å². The third-order valence-corrected chi connectivity index (χ3v) is 3.22. The van der Waals surface area contributed by atoms with Gasteiger partial charge in [-0.05, 0) is 24.2 Å². The van der Waals surface area contributed by atoms with E-state index in [1.165, 1.54) is 0 Å². The van der Waals surface area contributed by atoms with Crippen molar-refractivity contribution in [3.05, 3.63) is 23.8 Å². The lowest BCUT2D eigenvalue weighted by Gasteiger charge is -2.20. The number of primary amides is 1. The smallest absolute Gasteiger partial charge is 0.318 e. The van der Waals surface area contributed by atoms with Gasteiger partial charge in [-0.3, -0.25) is 15.0 Å². The Morgan fingerprint density at radius 3 is 2.45 bits per heavy atom. The molecule has 0 aromatic heterocycles. The molecule has 7 heteroatoms. The third kappa shape index (κ3) is 5.61. The average Bonchev–Trinajstić information content (AvgIpc) is 2.50. The topological polar surface area (TPSA) is 93.9 Å². The van der Waals surface area contributed by atoms with Crippen molar-refractivity contribution in [1.29, 1.82) is 0 Å². The lowest BCUT2D eigenvalue weighted by atomic mass is 10.2. The SMILES string of the molecule is CCN(CCC(=O)NC(N)=O)Cc1ccc(OC)c(OC)c1. The van der Waals surface area contributed by atoms with Crippen molar-refractivity contribution >= 4 is 11.9 Å². The molecule has 3 amide bonds. The first-order valence-electron chi connectivity index (χ1n) is 7.02. The number of nitrogens with two attached hydrogens (primary N) is 1. The molecule has 1 aromatic rings. The summed E-state index contributed by atoms with van der Waals surface area (Å²) in [5.41, 5.74) is 5.96. The van der Waals surface area contributed by atoms with Crippen LogP contribution in [0.25, 0.3) is 0 Å². The van der Waals surface area contributed by atoms with Gasteiger partial charge in [0.1, 0.15) is 0 Å². The number of hydrogen-bond acceptors (Lipinski definition) is 5. The second-order valence-corrected chi connectivity index (χ2v) is 4.72. The van der Waals surface area contributed by atoms with Crippen molar-refractivity contribution in [3.63, 3.8) is 0 Å². The highest BCUT2D eigenvalue weighted by Gasteiger charge is 2.11. The maximum atomic E-state index is 11.4. The summed E-state index contributed by atoms with van der Waals surface area (Å²) < 4.78 is 10.5. The zero-order valence-electron chi connectivity index (χ0n) is 13.2. The summed E-state index contributed by atoms with van der Waals surface area (Å²) in [6, 6.07) is 4.88. The largest absolute Gasteiger partial charge is 0.493 e. The molecule has 0 spiro atoms. The molecular weight excluding hydrogens is 286 g/mol. The average molecular weight is 309 g/mol. The Bertz CT molecular complexity index is 520. The van der Waals surface area contributed by atoms with E-state index < -0.39 is 6.03 Å². The van der Waals surface area contributed by atoms with Crippen LogP contribution < -0.4 is 20.5 Å². The number of imide groups is 1. The number of hydrogen-bond donors (Lipinski definition) is 2. The summed E-state index contributed by atoms with van der Waals surface area (Å²) in [6.07, 6.45) is 0.212. The molecule has 1 aromatic carbocycles. The number of nitrogens with zero attached hydrogens (tertiary/aromatic N) is 1. The minimum atomic E-state index is -0.826. The molecule has 0 aliphatic rings. The molecule has 0 radical (unpaired) electrons. The van der Waals surface area contributed by atoms with Crippen molar-refractivity contribution in [1.82, 2.24) is 10.2 Å². The van der Waals surface area contributed by atoms with Gasteiger partial charge in [0.2, 0.25) is 5.91 Å². The van der Waals surface area contributed by atoms with E-state index in [1.54, 1.807) is 14.2 Å². The number of benzene rings is 1. The van der Waals surface area contributed by atoms with Crippen LogP contribution in [0.2, 0.25) is 0 Å². The normalized spacial score (nSPS) is 10.4. The molecular formula is C15H23N3O4. The van der Waals surface area contributed by atoms with Gasteiger partial charge in [0.25, 0.3) is 0 Å². The number of urea groups is 1. The molecule has 0 heterocycles. The molecule has 0 aliphatic heterocycles. The van der Waals surface area contributed by atoms with Crippen molar-refractivity contribution < 1.29 is 19.1 Å². The summed E-state index contributed by atoms with van der Waals surface area (Å²) in [5, 5.41) is 2.06. The monoisotopic (exact) mass is 309 g/mol. The molecule has 0 saturated carbocycles. The second-order valence-electron chi connectivity index (χ2n) is 4.72. The van der Waals surface area contributed by atoms with Gasteiger partial charge < -0.3 is 15.2 Å². The van der Waals surface area contributed by atoms with E-state index in [0.29, 0.717) is 24.6 Å². The summed E-state index contributed by atoms with van der Waals surface area (Å²) in [5.74, 6) is 0.968.